The van der Waals surface area contributed by atoms with Crippen LogP contribution in [0.5, 0.6) is 0 Å². The van der Waals surface area contributed by atoms with Gasteiger partial charge < -0.3 is 9.32 Å². The van der Waals surface area contributed by atoms with Crippen molar-refractivity contribution >= 4 is 49.6 Å². The molecule has 0 bridgehead atoms. The third kappa shape index (κ3) is 5.10. The summed E-state index contributed by atoms with van der Waals surface area (Å²) in [6, 6.07) is 67.0. The molecule has 0 spiro atoms. The molecule has 2 heteroatoms. The van der Waals surface area contributed by atoms with Gasteiger partial charge in [0.15, 0.2) is 0 Å². The number of rotatable bonds is 6. The summed E-state index contributed by atoms with van der Waals surface area (Å²) < 4.78 is 6.41. The summed E-state index contributed by atoms with van der Waals surface area (Å²) in [5.74, 6) is 0.845. The first-order valence-corrected chi connectivity index (χ1v) is 16.3. The minimum Gasteiger partial charge on any atom is -0.456 e. The Morgan fingerprint density at radius 1 is 0.333 bits per heavy atom. The normalized spacial score (nSPS) is 11.3. The van der Waals surface area contributed by atoms with Crippen LogP contribution in [-0.4, -0.2) is 0 Å². The number of hydrogen-bond donors (Lipinski definition) is 0. The van der Waals surface area contributed by atoms with Crippen molar-refractivity contribution in [3.05, 3.63) is 188 Å². The lowest BCUT2D eigenvalue weighted by Gasteiger charge is -2.27. The molecule has 0 amide bonds. The Labute approximate surface area is 279 Å². The molecular formula is C46H31NO. The molecule has 0 fully saturated rings. The van der Waals surface area contributed by atoms with Gasteiger partial charge in [0.05, 0.1) is 5.69 Å². The van der Waals surface area contributed by atoms with Crippen LogP contribution >= 0.6 is 0 Å². The maximum Gasteiger partial charge on any atom is 0.137 e. The van der Waals surface area contributed by atoms with E-state index in [0.717, 1.165) is 39.4 Å². The van der Waals surface area contributed by atoms with Crippen molar-refractivity contribution in [1.29, 1.82) is 0 Å². The maximum absolute atomic E-state index is 6.41. The van der Waals surface area contributed by atoms with Crippen LogP contribution in [0.2, 0.25) is 0 Å². The van der Waals surface area contributed by atoms with Crippen molar-refractivity contribution in [2.24, 2.45) is 0 Å². The summed E-state index contributed by atoms with van der Waals surface area (Å²) >= 11 is 0. The van der Waals surface area contributed by atoms with E-state index in [0.29, 0.717) is 0 Å². The van der Waals surface area contributed by atoms with Crippen molar-refractivity contribution in [2.75, 3.05) is 4.90 Å². The van der Waals surface area contributed by atoms with Gasteiger partial charge in [-0.05, 0) is 104 Å². The summed E-state index contributed by atoms with van der Waals surface area (Å²) in [5.41, 5.74) is 9.88. The van der Waals surface area contributed by atoms with Gasteiger partial charge >= 0.3 is 0 Å². The molecular weight excluding hydrogens is 583 g/mol. The average Bonchev–Trinajstić information content (AvgIpc) is 3.60. The lowest BCUT2D eigenvalue weighted by Crippen LogP contribution is -2.11. The highest BCUT2D eigenvalue weighted by Crippen LogP contribution is 2.43. The monoisotopic (exact) mass is 613 g/mol. The summed E-state index contributed by atoms with van der Waals surface area (Å²) in [6.45, 7) is 0. The van der Waals surface area contributed by atoms with Crippen LogP contribution in [0.25, 0.3) is 66.1 Å². The van der Waals surface area contributed by atoms with Crippen LogP contribution < -0.4 is 4.90 Å². The van der Waals surface area contributed by atoms with E-state index in [1.807, 2.05) is 18.2 Å². The van der Waals surface area contributed by atoms with E-state index in [1.165, 1.54) is 43.8 Å². The van der Waals surface area contributed by atoms with Crippen molar-refractivity contribution in [3.63, 3.8) is 0 Å². The molecule has 1 aromatic heterocycles. The van der Waals surface area contributed by atoms with Crippen molar-refractivity contribution < 1.29 is 4.42 Å². The van der Waals surface area contributed by atoms with Crippen molar-refractivity contribution in [2.45, 2.75) is 0 Å². The predicted molar refractivity (Wildman–Crippen MR) is 202 cm³/mol. The van der Waals surface area contributed by atoms with Gasteiger partial charge in [0.2, 0.25) is 0 Å². The number of nitrogens with zero attached hydrogens (tertiary/aromatic N) is 1. The first-order valence-electron chi connectivity index (χ1n) is 16.3. The highest BCUT2D eigenvalue weighted by Gasteiger charge is 2.19. The molecule has 9 aromatic rings. The Balaban J connectivity index is 1.15. The van der Waals surface area contributed by atoms with Crippen molar-refractivity contribution in [1.82, 2.24) is 0 Å². The first kappa shape index (κ1) is 27.9. The van der Waals surface area contributed by atoms with Gasteiger partial charge in [-0.3, -0.25) is 0 Å². The molecule has 0 saturated carbocycles. The van der Waals surface area contributed by atoms with Gasteiger partial charge in [0, 0.05) is 22.3 Å². The van der Waals surface area contributed by atoms with E-state index < -0.39 is 0 Å². The number of furan rings is 1. The Bertz CT molecular complexity index is 2400. The molecule has 226 valence electrons. The predicted octanol–water partition coefficient (Wildman–Crippen LogP) is 13.2. The van der Waals surface area contributed by atoms with Gasteiger partial charge in [-0.2, -0.15) is 0 Å². The van der Waals surface area contributed by atoms with Gasteiger partial charge in [-0.1, -0.05) is 127 Å². The fraction of sp³-hybridized carbons (Fsp3) is 0. The fourth-order valence-corrected chi connectivity index (χ4v) is 6.76. The van der Waals surface area contributed by atoms with Crippen molar-refractivity contribution in [3.8, 4) is 33.6 Å². The Kier molecular flexibility index (Phi) is 6.84. The average molecular weight is 614 g/mol. The molecule has 1 heterocycles. The van der Waals surface area contributed by atoms with Gasteiger partial charge in [0.1, 0.15) is 11.3 Å². The largest absolute Gasteiger partial charge is 0.456 e. The van der Waals surface area contributed by atoms with Crippen LogP contribution in [0.3, 0.4) is 0 Å². The third-order valence-corrected chi connectivity index (χ3v) is 9.25. The van der Waals surface area contributed by atoms with Crippen LogP contribution in [0.4, 0.5) is 17.1 Å². The quantitative estimate of drug-likeness (QED) is 0.185. The van der Waals surface area contributed by atoms with Gasteiger partial charge in [-0.25, -0.2) is 0 Å². The van der Waals surface area contributed by atoms with E-state index in [2.05, 4.69) is 175 Å². The zero-order chi connectivity index (χ0) is 31.9. The Morgan fingerprint density at radius 2 is 0.792 bits per heavy atom. The molecule has 0 aliphatic carbocycles. The molecule has 0 saturated heterocycles. The third-order valence-electron chi connectivity index (χ3n) is 9.25. The SMILES string of the molecule is c1ccc(N(c2ccc(-c3ccc4ccccc4c3)cc2)c2ccc(-c3ccc4ccccc4c3)cc2)c(-c2cc3ccccc3o2)c1. The van der Waals surface area contributed by atoms with E-state index in [9.17, 15) is 0 Å². The zero-order valence-electron chi connectivity index (χ0n) is 26.3. The summed E-state index contributed by atoms with van der Waals surface area (Å²) in [6.07, 6.45) is 0. The minimum atomic E-state index is 0.845. The summed E-state index contributed by atoms with van der Waals surface area (Å²) in [4.78, 5) is 2.33. The lowest BCUT2D eigenvalue weighted by molar-refractivity contribution is 0.631. The number of benzene rings is 8. The van der Waals surface area contributed by atoms with Crippen LogP contribution in [0, 0.1) is 0 Å². The molecule has 0 aliphatic heterocycles. The number of fused-ring (bicyclic) bond motifs is 3. The second-order valence-electron chi connectivity index (χ2n) is 12.2. The molecule has 9 rings (SSSR count). The van der Waals surface area contributed by atoms with Gasteiger partial charge in [0.25, 0.3) is 0 Å². The topological polar surface area (TPSA) is 16.4 Å². The second kappa shape index (κ2) is 11.8. The minimum absolute atomic E-state index is 0.845. The van der Waals surface area contributed by atoms with Crippen LogP contribution in [0.1, 0.15) is 0 Å². The first-order chi connectivity index (χ1) is 23.8. The summed E-state index contributed by atoms with van der Waals surface area (Å²) in [5, 5.41) is 6.07. The molecule has 0 atom stereocenters. The molecule has 48 heavy (non-hydrogen) atoms. The molecule has 0 unspecified atom stereocenters. The van der Waals surface area contributed by atoms with Crippen LogP contribution in [0.15, 0.2) is 192 Å². The molecule has 0 N–H and O–H groups in total. The van der Waals surface area contributed by atoms with E-state index >= 15 is 0 Å². The Morgan fingerprint density at radius 3 is 1.35 bits per heavy atom. The highest BCUT2D eigenvalue weighted by molar-refractivity contribution is 5.93. The zero-order valence-corrected chi connectivity index (χ0v) is 26.3. The number of hydrogen-bond acceptors (Lipinski definition) is 2. The standard InChI is InChI=1S/C46H31NO/c1-3-11-36-29-38(19-17-32(36)9-1)34-21-25-41(26-22-34)47(44-15-7-6-14-43(44)46-31-40-13-5-8-16-45(40)48-46)42-27-23-35(24-28-42)39-20-18-33-10-2-4-12-37(33)30-39/h1-31H. The smallest absolute Gasteiger partial charge is 0.137 e. The maximum atomic E-state index is 6.41. The van der Waals surface area contributed by atoms with Crippen LogP contribution in [-0.2, 0) is 0 Å². The Hall–Kier alpha value is -6.38. The van der Waals surface area contributed by atoms with E-state index in [-0.39, 0.29) is 0 Å². The lowest BCUT2D eigenvalue weighted by atomic mass is 9.99. The van der Waals surface area contributed by atoms with E-state index in [1.54, 1.807) is 0 Å². The molecule has 2 nitrogen and oxygen atoms in total. The fourth-order valence-electron chi connectivity index (χ4n) is 6.76. The number of anilines is 3. The second-order valence-corrected chi connectivity index (χ2v) is 12.2. The van der Waals surface area contributed by atoms with E-state index in [4.69, 9.17) is 4.42 Å². The molecule has 8 aromatic carbocycles. The molecule has 0 radical (unpaired) electrons. The molecule has 0 aliphatic rings. The van der Waals surface area contributed by atoms with Gasteiger partial charge in [-0.15, -0.1) is 0 Å². The number of para-hydroxylation sites is 2. The highest BCUT2D eigenvalue weighted by atomic mass is 16.3. The summed E-state index contributed by atoms with van der Waals surface area (Å²) in [7, 11) is 0.